The molecule has 6 nitrogen and oxygen atoms in total. The topological polar surface area (TPSA) is 76.7 Å². The summed E-state index contributed by atoms with van der Waals surface area (Å²) in [5, 5.41) is 6.04. The number of ether oxygens (including phenoxy) is 2. The van der Waals surface area contributed by atoms with Crippen LogP contribution in [-0.2, 0) is 0 Å². The number of amides is 2. The highest BCUT2D eigenvalue weighted by Crippen LogP contribution is 2.30. The van der Waals surface area contributed by atoms with Crippen molar-refractivity contribution in [1.29, 1.82) is 0 Å². The van der Waals surface area contributed by atoms with Crippen LogP contribution in [0.25, 0.3) is 11.1 Å². The summed E-state index contributed by atoms with van der Waals surface area (Å²) in [5.74, 6) is 2.15. The van der Waals surface area contributed by atoms with Crippen LogP contribution < -0.4 is 20.1 Å². The fourth-order valence-electron chi connectivity index (χ4n) is 5.01. The zero-order chi connectivity index (χ0) is 31.9. The quantitative estimate of drug-likeness (QED) is 0.172. The van der Waals surface area contributed by atoms with Gasteiger partial charge in [0.05, 0.1) is 0 Å². The van der Waals surface area contributed by atoms with E-state index in [1.807, 2.05) is 123 Å². The van der Waals surface area contributed by atoms with Crippen LogP contribution in [0.3, 0.4) is 0 Å². The Morgan fingerprint density at radius 2 is 0.826 bits per heavy atom. The number of benzene rings is 6. The van der Waals surface area contributed by atoms with Crippen molar-refractivity contribution in [2.45, 2.75) is 13.8 Å². The third-order valence-electron chi connectivity index (χ3n) is 7.43. The van der Waals surface area contributed by atoms with E-state index < -0.39 is 0 Å². The van der Waals surface area contributed by atoms with Crippen molar-refractivity contribution < 1.29 is 19.1 Å². The Bertz CT molecular complexity index is 1860. The van der Waals surface area contributed by atoms with Gasteiger partial charge in [0.25, 0.3) is 11.8 Å². The van der Waals surface area contributed by atoms with E-state index in [4.69, 9.17) is 9.47 Å². The van der Waals surface area contributed by atoms with Gasteiger partial charge in [0.1, 0.15) is 23.0 Å². The van der Waals surface area contributed by atoms with Gasteiger partial charge in [0, 0.05) is 22.5 Å². The van der Waals surface area contributed by atoms with Crippen LogP contribution in [0.15, 0.2) is 146 Å². The average molecular weight is 605 g/mol. The Labute approximate surface area is 268 Å². The van der Waals surface area contributed by atoms with Crippen molar-refractivity contribution >= 4 is 23.2 Å². The molecule has 2 N–H and O–H groups in total. The number of carbonyl (C=O) groups excluding carboxylic acids is 2. The maximum Gasteiger partial charge on any atom is 0.255 e. The second-order valence-corrected chi connectivity index (χ2v) is 10.9. The van der Waals surface area contributed by atoms with Gasteiger partial charge < -0.3 is 20.1 Å². The molecule has 2 amide bonds. The Morgan fingerprint density at radius 1 is 0.435 bits per heavy atom. The Kier molecular flexibility index (Phi) is 8.88. The first kappa shape index (κ1) is 29.9. The molecule has 6 aromatic rings. The Morgan fingerprint density at radius 3 is 1.22 bits per heavy atom. The van der Waals surface area contributed by atoms with Crippen LogP contribution in [0, 0.1) is 13.8 Å². The van der Waals surface area contributed by atoms with Crippen LogP contribution >= 0.6 is 0 Å². The number of aryl methyl sites for hydroxylation is 2. The smallest absolute Gasteiger partial charge is 0.255 e. The molecule has 0 unspecified atom stereocenters. The molecule has 0 aliphatic heterocycles. The predicted octanol–water partition coefficient (Wildman–Crippen LogP) is 10.1. The van der Waals surface area contributed by atoms with Crippen LogP contribution in [0.4, 0.5) is 11.4 Å². The van der Waals surface area contributed by atoms with E-state index in [1.165, 1.54) is 0 Å². The van der Waals surface area contributed by atoms with Gasteiger partial charge in [-0.3, -0.25) is 9.59 Å². The van der Waals surface area contributed by atoms with Crippen molar-refractivity contribution in [1.82, 2.24) is 0 Å². The second-order valence-electron chi connectivity index (χ2n) is 10.9. The average Bonchev–Trinajstić information content (AvgIpc) is 3.07. The summed E-state index contributed by atoms with van der Waals surface area (Å²) >= 11 is 0. The molecule has 0 aromatic heterocycles. The van der Waals surface area contributed by atoms with E-state index in [-0.39, 0.29) is 11.8 Å². The standard InChI is InChI=1S/C40H32N2O4/c1-27-23-29(19-21-37(27)41-39(43)31-11-9-17-35(25-31)45-33-13-5-3-6-14-33)30-20-22-38(28(2)24-30)42-40(44)32-12-10-18-36(26-32)46-34-15-7-4-8-16-34/h3-26H,1-2H3,(H,41,43)(H,42,44). The van der Waals surface area contributed by atoms with Gasteiger partial charge in [0.2, 0.25) is 0 Å². The molecule has 46 heavy (non-hydrogen) atoms. The molecule has 226 valence electrons. The fraction of sp³-hybridized carbons (Fsp3) is 0.0500. The van der Waals surface area contributed by atoms with Crippen LogP contribution in [0.1, 0.15) is 31.8 Å². The molecule has 0 radical (unpaired) electrons. The second kappa shape index (κ2) is 13.7. The van der Waals surface area contributed by atoms with Crippen LogP contribution in [0.2, 0.25) is 0 Å². The largest absolute Gasteiger partial charge is 0.457 e. The van der Waals surface area contributed by atoms with Crippen molar-refractivity contribution in [3.05, 3.63) is 168 Å². The number of hydrogen-bond acceptors (Lipinski definition) is 4. The zero-order valence-corrected chi connectivity index (χ0v) is 25.5. The minimum absolute atomic E-state index is 0.220. The van der Waals surface area contributed by atoms with Gasteiger partial charge in [-0.15, -0.1) is 0 Å². The lowest BCUT2D eigenvalue weighted by Crippen LogP contribution is -2.13. The van der Waals surface area contributed by atoms with Gasteiger partial charge in [0.15, 0.2) is 0 Å². The monoisotopic (exact) mass is 604 g/mol. The summed E-state index contributed by atoms with van der Waals surface area (Å²) in [4.78, 5) is 26.2. The summed E-state index contributed by atoms with van der Waals surface area (Å²) in [6, 6.07) is 45.0. The normalized spacial score (nSPS) is 10.6. The molecule has 0 saturated carbocycles. The summed E-state index contributed by atoms with van der Waals surface area (Å²) in [7, 11) is 0. The molecule has 0 heterocycles. The van der Waals surface area contributed by atoms with Crippen molar-refractivity contribution in [2.24, 2.45) is 0 Å². The molecule has 0 aliphatic rings. The predicted molar refractivity (Wildman–Crippen MR) is 183 cm³/mol. The Hall–Kier alpha value is -6.14. The van der Waals surface area contributed by atoms with Crippen molar-refractivity contribution in [3.8, 4) is 34.1 Å². The minimum atomic E-state index is -0.220. The number of rotatable bonds is 9. The van der Waals surface area contributed by atoms with E-state index in [0.717, 1.165) is 33.6 Å². The molecular weight excluding hydrogens is 572 g/mol. The third kappa shape index (κ3) is 7.31. The summed E-state index contributed by atoms with van der Waals surface area (Å²) in [5.41, 5.74) is 6.30. The van der Waals surface area contributed by atoms with Crippen LogP contribution in [-0.4, -0.2) is 11.8 Å². The number of hydrogen-bond donors (Lipinski definition) is 2. The summed E-state index contributed by atoms with van der Waals surface area (Å²) in [6.07, 6.45) is 0. The molecule has 6 aromatic carbocycles. The molecule has 6 rings (SSSR count). The van der Waals surface area contributed by atoms with E-state index in [9.17, 15) is 9.59 Å². The highest BCUT2D eigenvalue weighted by molar-refractivity contribution is 6.06. The minimum Gasteiger partial charge on any atom is -0.457 e. The van der Waals surface area contributed by atoms with E-state index in [0.29, 0.717) is 34.1 Å². The number of para-hydroxylation sites is 2. The summed E-state index contributed by atoms with van der Waals surface area (Å²) in [6.45, 7) is 3.93. The lowest BCUT2D eigenvalue weighted by molar-refractivity contribution is 0.101. The molecule has 6 heteroatoms. The van der Waals surface area contributed by atoms with Gasteiger partial charge in [-0.05, 0) is 121 Å². The number of nitrogens with one attached hydrogen (secondary N) is 2. The van der Waals surface area contributed by atoms with Crippen molar-refractivity contribution in [3.63, 3.8) is 0 Å². The van der Waals surface area contributed by atoms with Gasteiger partial charge in [-0.25, -0.2) is 0 Å². The Balaban J connectivity index is 1.11. The lowest BCUT2D eigenvalue weighted by atomic mass is 9.99. The SMILES string of the molecule is Cc1cc(-c2ccc(NC(=O)c3cccc(Oc4ccccc4)c3)c(C)c2)ccc1NC(=O)c1cccc(Oc2ccccc2)c1. The lowest BCUT2D eigenvalue weighted by Gasteiger charge is -2.14. The number of carbonyl (C=O) groups is 2. The van der Waals surface area contributed by atoms with E-state index in [1.54, 1.807) is 36.4 Å². The van der Waals surface area contributed by atoms with Crippen molar-refractivity contribution in [2.75, 3.05) is 10.6 Å². The maximum atomic E-state index is 13.1. The maximum absolute atomic E-state index is 13.1. The molecular formula is C40H32N2O4. The molecule has 0 aliphatic carbocycles. The van der Waals surface area contributed by atoms with Gasteiger partial charge in [-0.2, -0.15) is 0 Å². The summed E-state index contributed by atoms with van der Waals surface area (Å²) < 4.78 is 11.8. The fourth-order valence-corrected chi connectivity index (χ4v) is 5.01. The third-order valence-corrected chi connectivity index (χ3v) is 7.43. The van der Waals surface area contributed by atoms with Gasteiger partial charge in [-0.1, -0.05) is 60.7 Å². The highest BCUT2D eigenvalue weighted by Gasteiger charge is 2.13. The van der Waals surface area contributed by atoms with Crippen LogP contribution in [0.5, 0.6) is 23.0 Å². The molecule has 0 fully saturated rings. The molecule has 0 atom stereocenters. The first-order chi connectivity index (χ1) is 22.4. The first-order valence-corrected chi connectivity index (χ1v) is 14.9. The first-order valence-electron chi connectivity index (χ1n) is 14.9. The number of anilines is 2. The van der Waals surface area contributed by atoms with Gasteiger partial charge >= 0.3 is 0 Å². The zero-order valence-electron chi connectivity index (χ0n) is 25.5. The van der Waals surface area contributed by atoms with E-state index >= 15 is 0 Å². The highest BCUT2D eigenvalue weighted by atomic mass is 16.5. The molecule has 0 bridgehead atoms. The molecule has 0 spiro atoms. The molecule has 0 saturated heterocycles. The van der Waals surface area contributed by atoms with E-state index in [2.05, 4.69) is 10.6 Å².